The highest BCUT2D eigenvalue weighted by molar-refractivity contribution is 5.57. The summed E-state index contributed by atoms with van der Waals surface area (Å²) in [7, 11) is 0. The molecule has 0 aromatic heterocycles. The van der Waals surface area contributed by atoms with E-state index in [0.717, 1.165) is 31.7 Å². The van der Waals surface area contributed by atoms with Crippen molar-refractivity contribution in [2.75, 3.05) is 23.8 Å². The van der Waals surface area contributed by atoms with Crippen molar-refractivity contribution in [2.45, 2.75) is 37.8 Å². The van der Waals surface area contributed by atoms with Gasteiger partial charge in [-0.3, -0.25) is 0 Å². The first-order valence-electron chi connectivity index (χ1n) is 6.68. The molecule has 2 N–H and O–H groups in total. The van der Waals surface area contributed by atoms with E-state index in [2.05, 4.69) is 4.90 Å². The summed E-state index contributed by atoms with van der Waals surface area (Å²) >= 11 is 0. The van der Waals surface area contributed by atoms with E-state index < -0.39 is 0 Å². The van der Waals surface area contributed by atoms with E-state index in [0.29, 0.717) is 17.8 Å². The minimum absolute atomic E-state index is 0.260. The molecular formula is C14H19FN2O. The smallest absolute Gasteiger partial charge is 0.127 e. The zero-order valence-corrected chi connectivity index (χ0v) is 10.4. The number of morpholine rings is 1. The summed E-state index contributed by atoms with van der Waals surface area (Å²) in [6.45, 7) is 1.54. The molecule has 0 bridgehead atoms. The van der Waals surface area contributed by atoms with E-state index in [-0.39, 0.29) is 5.82 Å². The molecule has 1 saturated heterocycles. The molecule has 1 aromatic rings. The van der Waals surface area contributed by atoms with Crippen LogP contribution in [-0.2, 0) is 4.74 Å². The first-order valence-corrected chi connectivity index (χ1v) is 6.68. The monoisotopic (exact) mass is 250 g/mol. The Morgan fingerprint density at radius 2 is 2.06 bits per heavy atom. The molecule has 1 aromatic carbocycles. The fourth-order valence-electron chi connectivity index (χ4n) is 3.18. The van der Waals surface area contributed by atoms with Crippen LogP contribution in [0.1, 0.15) is 25.7 Å². The first kappa shape index (κ1) is 11.8. The number of nitrogen functional groups attached to an aromatic ring is 1. The van der Waals surface area contributed by atoms with Crippen LogP contribution < -0.4 is 10.6 Å². The molecule has 4 heteroatoms. The number of hydrogen-bond acceptors (Lipinski definition) is 3. The lowest BCUT2D eigenvalue weighted by Gasteiger charge is -2.45. The number of benzene rings is 1. The average molecular weight is 250 g/mol. The highest BCUT2D eigenvalue weighted by Gasteiger charge is 2.34. The number of nitrogens with two attached hydrogens (primary N) is 1. The molecule has 0 radical (unpaired) electrons. The normalized spacial score (nSPS) is 27.9. The van der Waals surface area contributed by atoms with Crippen LogP contribution >= 0.6 is 0 Å². The number of rotatable bonds is 1. The van der Waals surface area contributed by atoms with Crippen LogP contribution in [0, 0.1) is 5.82 Å². The molecule has 1 heterocycles. The molecular weight excluding hydrogens is 231 g/mol. The molecule has 2 fully saturated rings. The summed E-state index contributed by atoms with van der Waals surface area (Å²) in [5, 5.41) is 0. The highest BCUT2D eigenvalue weighted by Crippen LogP contribution is 2.32. The van der Waals surface area contributed by atoms with Gasteiger partial charge in [-0.25, -0.2) is 4.39 Å². The summed E-state index contributed by atoms with van der Waals surface area (Å²) in [5.41, 5.74) is 7.12. The molecule has 2 aliphatic rings. The van der Waals surface area contributed by atoms with Gasteiger partial charge in [0.2, 0.25) is 0 Å². The van der Waals surface area contributed by atoms with Gasteiger partial charge in [0.15, 0.2) is 0 Å². The van der Waals surface area contributed by atoms with E-state index in [4.69, 9.17) is 10.5 Å². The van der Waals surface area contributed by atoms with Crippen LogP contribution in [0.15, 0.2) is 18.2 Å². The second-order valence-corrected chi connectivity index (χ2v) is 5.20. The molecule has 1 aliphatic heterocycles. The number of nitrogens with zero attached hydrogens (tertiary/aromatic N) is 1. The van der Waals surface area contributed by atoms with Crippen LogP contribution in [0.4, 0.5) is 15.8 Å². The lowest BCUT2D eigenvalue weighted by molar-refractivity contribution is -0.00869. The van der Waals surface area contributed by atoms with Crippen molar-refractivity contribution in [1.82, 2.24) is 0 Å². The predicted molar refractivity (Wildman–Crippen MR) is 70.2 cm³/mol. The number of fused-ring (bicyclic) bond motifs is 1. The van der Waals surface area contributed by atoms with E-state index in [9.17, 15) is 4.39 Å². The molecule has 1 saturated carbocycles. The van der Waals surface area contributed by atoms with Crippen LogP contribution in [0.3, 0.4) is 0 Å². The Kier molecular flexibility index (Phi) is 3.12. The zero-order valence-electron chi connectivity index (χ0n) is 10.4. The Hall–Kier alpha value is -1.29. The van der Waals surface area contributed by atoms with Crippen molar-refractivity contribution in [2.24, 2.45) is 0 Å². The molecule has 98 valence electrons. The largest absolute Gasteiger partial charge is 0.399 e. The van der Waals surface area contributed by atoms with E-state index in [1.807, 2.05) is 6.07 Å². The van der Waals surface area contributed by atoms with E-state index in [1.165, 1.54) is 18.9 Å². The summed E-state index contributed by atoms with van der Waals surface area (Å²) in [6.07, 6.45) is 5.01. The summed E-state index contributed by atoms with van der Waals surface area (Å²) in [6, 6.07) is 5.18. The Morgan fingerprint density at radius 1 is 1.22 bits per heavy atom. The molecule has 3 rings (SSSR count). The Morgan fingerprint density at radius 3 is 2.89 bits per heavy atom. The fraction of sp³-hybridized carbons (Fsp3) is 0.571. The lowest BCUT2D eigenvalue weighted by atomic mass is 9.90. The fourth-order valence-corrected chi connectivity index (χ4v) is 3.18. The predicted octanol–water partition coefficient (Wildman–Crippen LogP) is 2.56. The van der Waals surface area contributed by atoms with Crippen LogP contribution in [0.2, 0.25) is 0 Å². The van der Waals surface area contributed by atoms with Crippen molar-refractivity contribution in [1.29, 1.82) is 0 Å². The molecule has 1 aliphatic carbocycles. The number of halogens is 1. The van der Waals surface area contributed by atoms with Gasteiger partial charge in [0.1, 0.15) is 5.82 Å². The van der Waals surface area contributed by atoms with Gasteiger partial charge >= 0.3 is 0 Å². The van der Waals surface area contributed by atoms with Crippen molar-refractivity contribution in [3.05, 3.63) is 24.0 Å². The minimum Gasteiger partial charge on any atom is -0.399 e. The summed E-state index contributed by atoms with van der Waals surface area (Å²) in [5.74, 6) is -0.260. The molecule has 18 heavy (non-hydrogen) atoms. The number of hydrogen-bond donors (Lipinski definition) is 1. The standard InChI is InChI=1S/C14H19FN2O/c15-10-7-11(16)9-12(8-10)17-5-6-18-14-4-2-1-3-13(14)17/h7-9,13-14H,1-6,16H2. The van der Waals surface area contributed by atoms with Crippen molar-refractivity contribution in [3.8, 4) is 0 Å². The molecule has 2 unspecified atom stereocenters. The average Bonchev–Trinajstić information content (AvgIpc) is 2.37. The third-order valence-electron chi connectivity index (χ3n) is 3.97. The highest BCUT2D eigenvalue weighted by atomic mass is 19.1. The topological polar surface area (TPSA) is 38.5 Å². The van der Waals surface area contributed by atoms with E-state index in [1.54, 1.807) is 6.07 Å². The quantitative estimate of drug-likeness (QED) is 0.778. The molecule has 2 atom stereocenters. The maximum absolute atomic E-state index is 13.5. The van der Waals surface area contributed by atoms with Gasteiger partial charge in [-0.05, 0) is 31.0 Å². The van der Waals surface area contributed by atoms with Gasteiger partial charge in [-0.1, -0.05) is 12.8 Å². The van der Waals surface area contributed by atoms with Crippen molar-refractivity contribution >= 4 is 11.4 Å². The molecule has 0 amide bonds. The number of ether oxygens (including phenoxy) is 1. The summed E-state index contributed by atoms with van der Waals surface area (Å²) in [4.78, 5) is 2.27. The van der Waals surface area contributed by atoms with Gasteiger partial charge < -0.3 is 15.4 Å². The maximum atomic E-state index is 13.5. The Labute approximate surface area is 107 Å². The van der Waals surface area contributed by atoms with Gasteiger partial charge in [-0.2, -0.15) is 0 Å². The maximum Gasteiger partial charge on any atom is 0.127 e. The van der Waals surface area contributed by atoms with Crippen LogP contribution in [0.25, 0.3) is 0 Å². The lowest BCUT2D eigenvalue weighted by Crippen LogP contribution is -2.52. The first-order chi connectivity index (χ1) is 8.74. The second-order valence-electron chi connectivity index (χ2n) is 5.20. The van der Waals surface area contributed by atoms with Crippen LogP contribution in [0.5, 0.6) is 0 Å². The van der Waals surface area contributed by atoms with Gasteiger partial charge in [0, 0.05) is 17.9 Å². The van der Waals surface area contributed by atoms with E-state index >= 15 is 0 Å². The third-order valence-corrected chi connectivity index (χ3v) is 3.97. The van der Waals surface area contributed by atoms with Crippen molar-refractivity contribution in [3.63, 3.8) is 0 Å². The minimum atomic E-state index is -0.260. The summed E-state index contributed by atoms with van der Waals surface area (Å²) < 4.78 is 19.3. The zero-order chi connectivity index (χ0) is 12.5. The molecule has 3 nitrogen and oxygen atoms in total. The SMILES string of the molecule is Nc1cc(F)cc(N2CCOC3CCCCC32)c1. The third kappa shape index (κ3) is 2.17. The van der Waals surface area contributed by atoms with Gasteiger partial charge in [0.25, 0.3) is 0 Å². The second kappa shape index (κ2) is 4.76. The number of anilines is 2. The van der Waals surface area contributed by atoms with Gasteiger partial charge in [0.05, 0.1) is 18.8 Å². The Balaban J connectivity index is 1.89. The van der Waals surface area contributed by atoms with Gasteiger partial charge in [-0.15, -0.1) is 0 Å². The Bertz CT molecular complexity index is 416. The van der Waals surface area contributed by atoms with Crippen LogP contribution in [-0.4, -0.2) is 25.3 Å². The van der Waals surface area contributed by atoms with Crippen molar-refractivity contribution < 1.29 is 9.13 Å². The molecule has 0 spiro atoms.